The van der Waals surface area contributed by atoms with Crippen molar-refractivity contribution < 1.29 is 17.9 Å². The van der Waals surface area contributed by atoms with Crippen LogP contribution in [0.2, 0.25) is 0 Å². The first-order chi connectivity index (χ1) is 14.3. The molecule has 0 N–H and O–H groups in total. The Bertz CT molecular complexity index is 1250. The van der Waals surface area contributed by atoms with Crippen molar-refractivity contribution in [3.8, 4) is 11.4 Å². The maximum atomic E-state index is 12.3. The summed E-state index contributed by atoms with van der Waals surface area (Å²) in [7, 11) is 0. The number of hydrogen-bond donors (Lipinski definition) is 0. The van der Waals surface area contributed by atoms with Gasteiger partial charge in [-0.05, 0) is 53.2 Å². The molecule has 0 aliphatic carbocycles. The highest BCUT2D eigenvalue weighted by atomic mass is 32.2. The Morgan fingerprint density at radius 1 is 1.13 bits per heavy atom. The molecule has 0 spiro atoms. The third kappa shape index (κ3) is 4.43. The Balaban J connectivity index is 1.52. The molecular weight excluding hydrogens is 421 g/mol. The van der Waals surface area contributed by atoms with Crippen LogP contribution in [-0.2, 0) is 5.75 Å². The van der Waals surface area contributed by atoms with E-state index in [9.17, 15) is 18.0 Å². The number of ether oxygens (including phenoxy) is 1. The maximum Gasteiger partial charge on any atom is 0.573 e. The summed E-state index contributed by atoms with van der Waals surface area (Å²) in [4.78, 5) is 16.8. The van der Waals surface area contributed by atoms with Gasteiger partial charge in [-0.2, -0.15) is 4.68 Å². The summed E-state index contributed by atoms with van der Waals surface area (Å²) in [5.74, 6) is -0.0143. The lowest BCUT2D eigenvalue weighted by molar-refractivity contribution is -0.274. The number of pyridine rings is 1. The van der Waals surface area contributed by atoms with Crippen molar-refractivity contribution in [2.45, 2.75) is 24.2 Å². The maximum absolute atomic E-state index is 12.3. The number of fused-ring (bicyclic) bond motifs is 1. The van der Waals surface area contributed by atoms with E-state index in [0.717, 1.165) is 5.56 Å². The van der Waals surface area contributed by atoms with Crippen molar-refractivity contribution in [1.29, 1.82) is 0 Å². The van der Waals surface area contributed by atoms with Gasteiger partial charge >= 0.3 is 6.36 Å². The minimum atomic E-state index is -4.76. The van der Waals surface area contributed by atoms with Crippen molar-refractivity contribution in [3.05, 3.63) is 70.3 Å². The lowest BCUT2D eigenvalue weighted by atomic mass is 10.3. The normalized spacial score (nSPS) is 11.7. The van der Waals surface area contributed by atoms with Gasteiger partial charge in [-0.3, -0.25) is 9.20 Å². The number of hydrogen-bond acceptors (Lipinski definition) is 7. The van der Waals surface area contributed by atoms with Gasteiger partial charge in [-0.25, -0.2) is 4.98 Å². The molecule has 3 heterocycles. The SMILES string of the molecule is Cc1ccc2nc(CSc3nnnn3-c3ccc(OC(F)(F)F)cc3)cc(=O)n2c1. The van der Waals surface area contributed by atoms with Crippen LogP contribution in [-0.4, -0.2) is 36.0 Å². The summed E-state index contributed by atoms with van der Waals surface area (Å²) in [6, 6.07) is 10.2. The number of halogens is 3. The molecule has 0 atom stereocenters. The van der Waals surface area contributed by atoms with Gasteiger partial charge in [0.15, 0.2) is 0 Å². The van der Waals surface area contributed by atoms with E-state index in [2.05, 4.69) is 25.2 Å². The monoisotopic (exact) mass is 434 g/mol. The Morgan fingerprint density at radius 3 is 2.63 bits per heavy atom. The van der Waals surface area contributed by atoms with Gasteiger partial charge < -0.3 is 4.74 Å². The number of tetrazole rings is 1. The van der Waals surface area contributed by atoms with E-state index in [1.54, 1.807) is 12.3 Å². The van der Waals surface area contributed by atoms with Crippen molar-refractivity contribution in [2.24, 2.45) is 0 Å². The van der Waals surface area contributed by atoms with Crippen LogP contribution in [0.4, 0.5) is 13.2 Å². The second-order valence-electron chi connectivity index (χ2n) is 6.22. The van der Waals surface area contributed by atoms with Crippen molar-refractivity contribution in [2.75, 3.05) is 0 Å². The third-order valence-corrected chi connectivity index (χ3v) is 4.92. The molecule has 4 rings (SSSR count). The molecule has 0 aliphatic rings. The first-order valence-corrected chi connectivity index (χ1v) is 9.53. The molecule has 0 fully saturated rings. The molecule has 0 bridgehead atoms. The number of nitrogens with zero attached hydrogens (tertiary/aromatic N) is 6. The van der Waals surface area contributed by atoms with Crippen LogP contribution in [0, 0.1) is 6.92 Å². The zero-order chi connectivity index (χ0) is 21.3. The number of thioether (sulfide) groups is 1. The van der Waals surface area contributed by atoms with E-state index in [1.165, 1.54) is 51.2 Å². The van der Waals surface area contributed by atoms with Crippen LogP contribution in [0.15, 0.2) is 58.6 Å². The Kier molecular flexibility index (Phi) is 5.16. The molecule has 0 radical (unpaired) electrons. The second kappa shape index (κ2) is 7.78. The number of aryl methyl sites for hydroxylation is 1. The first-order valence-electron chi connectivity index (χ1n) is 8.55. The van der Waals surface area contributed by atoms with Crippen LogP contribution in [0.1, 0.15) is 11.3 Å². The third-order valence-electron chi connectivity index (χ3n) is 3.97. The fourth-order valence-electron chi connectivity index (χ4n) is 2.69. The number of rotatable bonds is 5. The predicted octanol–water partition coefficient (Wildman–Crippen LogP) is 3.17. The highest BCUT2D eigenvalue weighted by Crippen LogP contribution is 2.25. The van der Waals surface area contributed by atoms with Crippen molar-refractivity contribution >= 4 is 17.4 Å². The van der Waals surface area contributed by atoms with Crippen LogP contribution in [0.5, 0.6) is 5.75 Å². The molecule has 1 aromatic carbocycles. The van der Waals surface area contributed by atoms with Crippen molar-refractivity contribution in [3.63, 3.8) is 0 Å². The predicted molar refractivity (Wildman–Crippen MR) is 102 cm³/mol. The summed E-state index contributed by atoms with van der Waals surface area (Å²) < 4.78 is 43.6. The fraction of sp³-hybridized carbons (Fsp3) is 0.167. The minimum Gasteiger partial charge on any atom is -0.406 e. The lowest BCUT2D eigenvalue weighted by Crippen LogP contribution is -2.17. The Hall–Kier alpha value is -3.41. The molecule has 0 saturated carbocycles. The molecule has 0 saturated heterocycles. The van der Waals surface area contributed by atoms with E-state index in [-0.39, 0.29) is 11.3 Å². The van der Waals surface area contributed by atoms with Crippen LogP contribution in [0.25, 0.3) is 11.3 Å². The minimum absolute atomic E-state index is 0.195. The van der Waals surface area contributed by atoms with Crippen LogP contribution in [0.3, 0.4) is 0 Å². The molecule has 30 heavy (non-hydrogen) atoms. The smallest absolute Gasteiger partial charge is 0.406 e. The number of aromatic nitrogens is 6. The molecule has 0 amide bonds. The quantitative estimate of drug-likeness (QED) is 0.446. The summed E-state index contributed by atoms with van der Waals surface area (Å²) >= 11 is 1.24. The van der Waals surface area contributed by atoms with Gasteiger partial charge in [0.25, 0.3) is 5.56 Å². The Labute approximate surface area is 171 Å². The highest BCUT2D eigenvalue weighted by Gasteiger charge is 2.31. The summed E-state index contributed by atoms with van der Waals surface area (Å²) in [6.07, 6.45) is -3.05. The van der Waals surface area contributed by atoms with E-state index < -0.39 is 6.36 Å². The van der Waals surface area contributed by atoms with E-state index in [0.29, 0.717) is 27.9 Å². The highest BCUT2D eigenvalue weighted by molar-refractivity contribution is 7.98. The summed E-state index contributed by atoms with van der Waals surface area (Å²) in [5.41, 5.74) is 2.29. The standard InChI is InChI=1S/C18H13F3N6O2S/c1-11-2-7-15-22-12(8-16(28)26(15)9-11)10-30-17-23-24-25-27(17)13-3-5-14(6-4-13)29-18(19,20)21/h2-9H,10H2,1H3. The van der Waals surface area contributed by atoms with E-state index >= 15 is 0 Å². The molecule has 3 aromatic heterocycles. The molecule has 12 heteroatoms. The zero-order valence-electron chi connectivity index (χ0n) is 15.4. The van der Waals surface area contributed by atoms with Gasteiger partial charge in [-0.1, -0.05) is 17.8 Å². The molecular formula is C18H13F3N6O2S. The van der Waals surface area contributed by atoms with Crippen LogP contribution < -0.4 is 10.3 Å². The fourth-order valence-corrected chi connectivity index (χ4v) is 3.47. The van der Waals surface area contributed by atoms with E-state index in [4.69, 9.17) is 0 Å². The van der Waals surface area contributed by atoms with Gasteiger partial charge in [0.1, 0.15) is 11.4 Å². The van der Waals surface area contributed by atoms with Gasteiger partial charge in [-0.15, -0.1) is 18.3 Å². The van der Waals surface area contributed by atoms with Crippen LogP contribution >= 0.6 is 11.8 Å². The average Bonchev–Trinajstić information content (AvgIpc) is 3.15. The largest absolute Gasteiger partial charge is 0.573 e. The zero-order valence-corrected chi connectivity index (χ0v) is 16.2. The topological polar surface area (TPSA) is 87.2 Å². The average molecular weight is 434 g/mol. The molecule has 8 nitrogen and oxygen atoms in total. The molecule has 0 unspecified atom stereocenters. The van der Waals surface area contributed by atoms with Gasteiger partial charge in [0, 0.05) is 18.0 Å². The molecule has 0 aliphatic heterocycles. The molecule has 4 aromatic rings. The summed E-state index contributed by atoms with van der Waals surface area (Å²) in [6.45, 7) is 1.89. The second-order valence-corrected chi connectivity index (χ2v) is 7.17. The summed E-state index contributed by atoms with van der Waals surface area (Å²) in [5, 5.41) is 11.8. The van der Waals surface area contributed by atoms with Gasteiger partial charge in [0.2, 0.25) is 5.16 Å². The number of alkyl halides is 3. The number of benzene rings is 1. The lowest BCUT2D eigenvalue weighted by Gasteiger charge is -2.09. The van der Waals surface area contributed by atoms with E-state index in [1.807, 2.05) is 13.0 Å². The molecule has 154 valence electrons. The first kappa shape index (κ1) is 19.9. The van der Waals surface area contributed by atoms with Crippen molar-refractivity contribution in [1.82, 2.24) is 29.6 Å². The Morgan fingerprint density at radius 2 is 1.90 bits per heavy atom. The van der Waals surface area contributed by atoms with Gasteiger partial charge in [0.05, 0.1) is 11.4 Å².